The first kappa shape index (κ1) is 16.4. The highest BCUT2D eigenvalue weighted by Gasteiger charge is 2.29. The smallest absolute Gasteiger partial charge is 0.251 e. The second-order valence-corrected chi connectivity index (χ2v) is 5.58. The van der Waals surface area contributed by atoms with Gasteiger partial charge in [0.25, 0.3) is 5.91 Å². The number of piperidine rings is 1. The molecule has 1 heterocycles. The van der Waals surface area contributed by atoms with E-state index in [0.29, 0.717) is 6.54 Å². The molecular formula is C16H21FN2O3. The molecule has 0 bridgehead atoms. The van der Waals surface area contributed by atoms with Gasteiger partial charge in [0.1, 0.15) is 5.82 Å². The molecule has 2 atom stereocenters. The van der Waals surface area contributed by atoms with Crippen LogP contribution in [0.3, 0.4) is 0 Å². The lowest BCUT2D eigenvalue weighted by Gasteiger charge is -2.37. The molecule has 0 saturated carbocycles. The predicted octanol–water partition coefficient (Wildman–Crippen LogP) is 1.32. The number of aliphatic hydroxyl groups excluding tert-OH is 1. The highest BCUT2D eigenvalue weighted by atomic mass is 19.1. The third-order valence-corrected chi connectivity index (χ3v) is 3.91. The Morgan fingerprint density at radius 2 is 2.23 bits per heavy atom. The molecule has 1 aromatic carbocycles. The Hall–Kier alpha value is -1.95. The van der Waals surface area contributed by atoms with Crippen molar-refractivity contribution in [2.75, 3.05) is 13.1 Å². The molecule has 2 unspecified atom stereocenters. The number of carbonyl (C=O) groups excluding carboxylic acids is 2. The normalized spacial score (nSPS) is 19.6. The number of benzene rings is 1. The molecule has 0 aromatic heterocycles. The van der Waals surface area contributed by atoms with Crippen molar-refractivity contribution in [2.45, 2.75) is 38.3 Å². The zero-order valence-electron chi connectivity index (χ0n) is 12.6. The molecule has 2 rings (SSSR count). The van der Waals surface area contributed by atoms with Crippen molar-refractivity contribution < 1.29 is 19.1 Å². The maximum absolute atomic E-state index is 13.1. The molecule has 2 N–H and O–H groups in total. The van der Waals surface area contributed by atoms with E-state index in [1.165, 1.54) is 18.2 Å². The molecule has 1 aromatic rings. The van der Waals surface area contributed by atoms with Crippen LogP contribution in [-0.4, -0.2) is 47.1 Å². The van der Waals surface area contributed by atoms with Crippen molar-refractivity contribution in [1.29, 1.82) is 0 Å². The Kier molecular flexibility index (Phi) is 5.49. The largest absolute Gasteiger partial charge is 0.391 e. The summed E-state index contributed by atoms with van der Waals surface area (Å²) in [5.41, 5.74) is 0.179. The van der Waals surface area contributed by atoms with Crippen LogP contribution < -0.4 is 5.32 Å². The van der Waals surface area contributed by atoms with Crippen LogP contribution in [-0.2, 0) is 4.79 Å². The lowest BCUT2D eigenvalue weighted by molar-refractivity contribution is -0.136. The summed E-state index contributed by atoms with van der Waals surface area (Å²) in [5.74, 6) is -1.21. The molecule has 5 nitrogen and oxygen atoms in total. The van der Waals surface area contributed by atoms with Crippen LogP contribution in [0.25, 0.3) is 0 Å². The number of nitrogens with one attached hydrogen (secondary N) is 1. The monoisotopic (exact) mass is 308 g/mol. The third-order valence-electron chi connectivity index (χ3n) is 3.91. The highest BCUT2D eigenvalue weighted by molar-refractivity contribution is 5.96. The van der Waals surface area contributed by atoms with Gasteiger partial charge in [-0.3, -0.25) is 9.59 Å². The quantitative estimate of drug-likeness (QED) is 0.881. The van der Waals surface area contributed by atoms with E-state index in [0.717, 1.165) is 25.3 Å². The molecule has 0 aliphatic carbocycles. The summed E-state index contributed by atoms with van der Waals surface area (Å²) < 4.78 is 13.1. The number of rotatable bonds is 4. The molecule has 1 aliphatic heterocycles. The number of nitrogens with zero attached hydrogens (tertiary/aromatic N) is 1. The van der Waals surface area contributed by atoms with Crippen LogP contribution in [0.5, 0.6) is 0 Å². The van der Waals surface area contributed by atoms with Gasteiger partial charge in [-0.1, -0.05) is 6.07 Å². The van der Waals surface area contributed by atoms with E-state index in [-0.39, 0.29) is 24.1 Å². The number of amides is 2. The van der Waals surface area contributed by atoms with Crippen molar-refractivity contribution in [3.8, 4) is 0 Å². The standard InChI is InChI=1S/C16H21FN2O3/c1-11(20)14-7-2-3-8-19(14)15(21)10-18-16(22)12-5-4-6-13(17)9-12/h4-6,9,11,14,20H,2-3,7-8,10H2,1H3,(H,18,22). The number of hydrogen-bond donors (Lipinski definition) is 2. The second-order valence-electron chi connectivity index (χ2n) is 5.58. The zero-order chi connectivity index (χ0) is 16.1. The molecule has 1 aliphatic rings. The van der Waals surface area contributed by atoms with Gasteiger partial charge in [0, 0.05) is 12.1 Å². The van der Waals surface area contributed by atoms with Crippen LogP contribution in [0.4, 0.5) is 4.39 Å². The zero-order valence-corrected chi connectivity index (χ0v) is 12.6. The third kappa shape index (κ3) is 4.04. The maximum atomic E-state index is 13.1. The fraction of sp³-hybridized carbons (Fsp3) is 0.500. The minimum atomic E-state index is -0.594. The first-order valence-corrected chi connectivity index (χ1v) is 7.50. The fourth-order valence-corrected chi connectivity index (χ4v) is 2.76. The minimum Gasteiger partial charge on any atom is -0.391 e. The number of hydrogen-bond acceptors (Lipinski definition) is 3. The van der Waals surface area contributed by atoms with E-state index in [4.69, 9.17) is 0 Å². The summed E-state index contributed by atoms with van der Waals surface area (Å²) in [7, 11) is 0. The van der Waals surface area contributed by atoms with Crippen molar-refractivity contribution in [2.24, 2.45) is 0 Å². The van der Waals surface area contributed by atoms with Crippen LogP contribution in [0.1, 0.15) is 36.5 Å². The topological polar surface area (TPSA) is 69.6 Å². The van der Waals surface area contributed by atoms with E-state index in [1.54, 1.807) is 11.8 Å². The average Bonchev–Trinajstić information content (AvgIpc) is 2.52. The Labute approximate surface area is 129 Å². The first-order chi connectivity index (χ1) is 10.5. The molecule has 120 valence electrons. The molecule has 22 heavy (non-hydrogen) atoms. The molecular weight excluding hydrogens is 287 g/mol. The summed E-state index contributed by atoms with van der Waals surface area (Å²) in [6, 6.07) is 5.11. The van der Waals surface area contributed by atoms with Crippen LogP contribution in [0, 0.1) is 5.82 Å². The number of carbonyl (C=O) groups is 2. The molecule has 0 spiro atoms. The fourth-order valence-electron chi connectivity index (χ4n) is 2.76. The Morgan fingerprint density at radius 1 is 1.45 bits per heavy atom. The van der Waals surface area contributed by atoms with Gasteiger partial charge in [0.2, 0.25) is 5.91 Å². The van der Waals surface area contributed by atoms with E-state index in [2.05, 4.69) is 5.32 Å². The van der Waals surface area contributed by atoms with Gasteiger partial charge in [0.05, 0.1) is 18.7 Å². The predicted molar refractivity (Wildman–Crippen MR) is 79.8 cm³/mol. The maximum Gasteiger partial charge on any atom is 0.251 e. The SMILES string of the molecule is CC(O)C1CCCCN1C(=O)CNC(=O)c1cccc(F)c1. The summed E-state index contributed by atoms with van der Waals surface area (Å²) in [6.07, 6.45) is 2.05. The van der Waals surface area contributed by atoms with Crippen LogP contribution >= 0.6 is 0 Å². The minimum absolute atomic E-state index is 0.154. The molecule has 1 saturated heterocycles. The summed E-state index contributed by atoms with van der Waals surface area (Å²) >= 11 is 0. The Morgan fingerprint density at radius 3 is 2.91 bits per heavy atom. The van der Waals surface area contributed by atoms with Crippen molar-refractivity contribution in [3.63, 3.8) is 0 Å². The van der Waals surface area contributed by atoms with E-state index >= 15 is 0 Å². The number of likely N-dealkylation sites (tertiary alicyclic amines) is 1. The average molecular weight is 308 g/mol. The second kappa shape index (κ2) is 7.35. The van der Waals surface area contributed by atoms with Crippen molar-refractivity contribution in [3.05, 3.63) is 35.6 Å². The first-order valence-electron chi connectivity index (χ1n) is 7.50. The van der Waals surface area contributed by atoms with Crippen molar-refractivity contribution in [1.82, 2.24) is 10.2 Å². The van der Waals surface area contributed by atoms with Gasteiger partial charge in [-0.05, 0) is 44.4 Å². The molecule has 1 fully saturated rings. The number of aliphatic hydroxyl groups is 1. The molecule has 6 heteroatoms. The van der Waals surface area contributed by atoms with Gasteiger partial charge in [0.15, 0.2) is 0 Å². The summed E-state index contributed by atoms with van der Waals surface area (Å²) in [5, 5.41) is 12.3. The van der Waals surface area contributed by atoms with E-state index < -0.39 is 17.8 Å². The van der Waals surface area contributed by atoms with Gasteiger partial charge in [-0.2, -0.15) is 0 Å². The van der Waals surface area contributed by atoms with Gasteiger partial charge in [-0.15, -0.1) is 0 Å². The molecule has 0 radical (unpaired) electrons. The van der Waals surface area contributed by atoms with Gasteiger partial charge < -0.3 is 15.3 Å². The highest BCUT2D eigenvalue weighted by Crippen LogP contribution is 2.19. The Balaban J connectivity index is 1.92. The van der Waals surface area contributed by atoms with Crippen LogP contribution in [0.15, 0.2) is 24.3 Å². The molecule has 2 amide bonds. The van der Waals surface area contributed by atoms with E-state index in [1.807, 2.05) is 0 Å². The van der Waals surface area contributed by atoms with Crippen LogP contribution in [0.2, 0.25) is 0 Å². The summed E-state index contributed by atoms with van der Waals surface area (Å²) in [6.45, 7) is 2.10. The van der Waals surface area contributed by atoms with Crippen molar-refractivity contribution >= 4 is 11.8 Å². The lowest BCUT2D eigenvalue weighted by Crippen LogP contribution is -2.51. The summed E-state index contributed by atoms with van der Waals surface area (Å²) in [4.78, 5) is 25.8. The van der Waals surface area contributed by atoms with E-state index in [9.17, 15) is 19.1 Å². The van der Waals surface area contributed by atoms with Gasteiger partial charge in [-0.25, -0.2) is 4.39 Å². The Bertz CT molecular complexity index is 548. The van der Waals surface area contributed by atoms with Gasteiger partial charge >= 0.3 is 0 Å². The number of halogens is 1. The lowest BCUT2D eigenvalue weighted by atomic mass is 9.98.